The van der Waals surface area contributed by atoms with Crippen LogP contribution < -0.4 is 5.73 Å². The lowest BCUT2D eigenvalue weighted by atomic mass is 9.58. The fraction of sp³-hybridized carbons (Fsp3) is 0.333. The molecule has 1 amide bonds. The van der Waals surface area contributed by atoms with Gasteiger partial charge in [0.05, 0.1) is 11.6 Å². The number of aliphatic hydroxyl groups is 3. The van der Waals surface area contributed by atoms with E-state index >= 15 is 0 Å². The number of aliphatic hydroxyl groups excluding tert-OH is 2. The van der Waals surface area contributed by atoms with Crippen molar-refractivity contribution in [1.82, 2.24) is 9.88 Å². The third-order valence-corrected chi connectivity index (χ3v) is 7.94. The van der Waals surface area contributed by atoms with Crippen molar-refractivity contribution in [3.8, 4) is 16.9 Å². The second-order valence-electron chi connectivity index (χ2n) is 10.1. The molecule has 1 aromatic heterocycles. The summed E-state index contributed by atoms with van der Waals surface area (Å²) in [5.41, 5.74) is 4.62. The molecule has 37 heavy (non-hydrogen) atoms. The number of nitrogens with two attached hydrogens (primary N) is 1. The van der Waals surface area contributed by atoms with E-state index in [1.165, 1.54) is 11.0 Å². The Hall–Kier alpha value is -4.02. The van der Waals surface area contributed by atoms with E-state index in [0.717, 1.165) is 11.1 Å². The van der Waals surface area contributed by atoms with Crippen molar-refractivity contribution in [1.29, 1.82) is 0 Å². The Kier molecular flexibility index (Phi) is 5.50. The number of carbonyl (C=O) groups is 3. The lowest BCUT2D eigenvalue weighted by Crippen LogP contribution is -2.63. The highest BCUT2D eigenvalue weighted by atomic mass is 16.3. The number of primary amides is 1. The number of amides is 1. The average molecular weight is 506 g/mol. The second kappa shape index (κ2) is 8.25. The van der Waals surface area contributed by atoms with E-state index in [-0.39, 0.29) is 29.7 Å². The number of ketones is 2. The van der Waals surface area contributed by atoms with Gasteiger partial charge in [0.15, 0.2) is 11.4 Å². The Bertz CT molecular complexity index is 1460. The van der Waals surface area contributed by atoms with Crippen LogP contribution in [0.3, 0.4) is 0 Å². The number of hydrogen-bond acceptors (Lipinski definition) is 9. The fourth-order valence-electron chi connectivity index (χ4n) is 6.25. The van der Waals surface area contributed by atoms with Gasteiger partial charge in [0.1, 0.15) is 22.8 Å². The van der Waals surface area contributed by atoms with Crippen LogP contribution in [-0.4, -0.2) is 73.5 Å². The number of nitrogens with zero attached hydrogens (tertiary/aromatic N) is 2. The van der Waals surface area contributed by atoms with Gasteiger partial charge in [-0.05, 0) is 68.6 Å². The van der Waals surface area contributed by atoms with E-state index in [1.54, 1.807) is 32.6 Å². The summed E-state index contributed by atoms with van der Waals surface area (Å²) in [6.45, 7) is 1.90. The van der Waals surface area contributed by atoms with Gasteiger partial charge in [0.25, 0.3) is 5.91 Å². The van der Waals surface area contributed by atoms with E-state index in [0.29, 0.717) is 11.1 Å². The molecule has 4 atom stereocenters. The fourth-order valence-corrected chi connectivity index (χ4v) is 6.25. The Morgan fingerprint density at radius 2 is 1.84 bits per heavy atom. The molecule has 1 heterocycles. The molecule has 5 rings (SSSR count). The number of aromatic nitrogens is 1. The minimum atomic E-state index is -2.66. The van der Waals surface area contributed by atoms with Gasteiger partial charge in [-0.15, -0.1) is 0 Å². The van der Waals surface area contributed by atoms with Gasteiger partial charge < -0.3 is 26.2 Å². The Balaban J connectivity index is 1.74. The number of pyridine rings is 1. The largest absolute Gasteiger partial charge is 0.510 e. The molecule has 0 aliphatic heterocycles. The molecule has 10 heteroatoms. The van der Waals surface area contributed by atoms with E-state index in [9.17, 15) is 34.8 Å². The molecule has 2 aromatic rings. The van der Waals surface area contributed by atoms with Crippen molar-refractivity contribution in [2.24, 2.45) is 17.6 Å². The molecule has 0 saturated carbocycles. The normalized spacial score (nSPS) is 27.2. The molecule has 0 saturated heterocycles. The van der Waals surface area contributed by atoms with Crippen LogP contribution >= 0.6 is 0 Å². The molecule has 192 valence electrons. The van der Waals surface area contributed by atoms with Crippen molar-refractivity contribution in [3.63, 3.8) is 0 Å². The van der Waals surface area contributed by atoms with Crippen LogP contribution in [0, 0.1) is 18.8 Å². The number of aryl methyl sites for hydroxylation is 1. The van der Waals surface area contributed by atoms with Crippen LogP contribution in [0.2, 0.25) is 0 Å². The number of benzene rings is 1. The van der Waals surface area contributed by atoms with Gasteiger partial charge in [-0.3, -0.25) is 24.3 Å². The van der Waals surface area contributed by atoms with E-state index < -0.39 is 58.0 Å². The zero-order chi connectivity index (χ0) is 27.0. The smallest absolute Gasteiger partial charge is 0.255 e. The highest BCUT2D eigenvalue weighted by Gasteiger charge is 2.63. The van der Waals surface area contributed by atoms with Crippen LogP contribution in [0.25, 0.3) is 11.1 Å². The van der Waals surface area contributed by atoms with Gasteiger partial charge in [0.2, 0.25) is 5.78 Å². The first-order valence-corrected chi connectivity index (χ1v) is 11.8. The summed E-state index contributed by atoms with van der Waals surface area (Å²) >= 11 is 0. The molecule has 0 bridgehead atoms. The quantitative estimate of drug-likeness (QED) is 0.387. The molecule has 4 unspecified atom stereocenters. The maximum Gasteiger partial charge on any atom is 0.255 e. The Labute approximate surface area is 212 Å². The van der Waals surface area contributed by atoms with E-state index in [1.807, 2.05) is 13.0 Å². The summed E-state index contributed by atoms with van der Waals surface area (Å²) in [6.07, 6.45) is 3.57. The predicted octanol–water partition coefficient (Wildman–Crippen LogP) is 1.49. The average Bonchev–Trinajstić information content (AvgIpc) is 2.82. The maximum atomic E-state index is 13.8. The Morgan fingerprint density at radius 1 is 1.14 bits per heavy atom. The van der Waals surface area contributed by atoms with Gasteiger partial charge in [0, 0.05) is 29.4 Å². The summed E-state index contributed by atoms with van der Waals surface area (Å²) < 4.78 is 0. The lowest BCUT2D eigenvalue weighted by molar-refractivity contribution is -0.148. The second-order valence-corrected chi connectivity index (χ2v) is 10.1. The summed E-state index contributed by atoms with van der Waals surface area (Å²) in [4.78, 5) is 44.9. The summed E-state index contributed by atoms with van der Waals surface area (Å²) in [6, 6.07) is 3.89. The third-order valence-electron chi connectivity index (χ3n) is 7.94. The van der Waals surface area contributed by atoms with Gasteiger partial charge in [-0.1, -0.05) is 6.07 Å². The number of likely N-dealkylation sites (N-methyl/N-ethyl adjacent to an activating group) is 1. The van der Waals surface area contributed by atoms with Crippen molar-refractivity contribution in [2.45, 2.75) is 31.4 Å². The van der Waals surface area contributed by atoms with Crippen molar-refractivity contribution >= 4 is 17.5 Å². The molecule has 3 aliphatic rings. The number of Topliss-reactive ketones (excluding diaryl/α,β-unsaturated/α-hetero) is 2. The first-order valence-electron chi connectivity index (χ1n) is 11.8. The highest BCUT2D eigenvalue weighted by Crippen LogP contribution is 2.53. The maximum absolute atomic E-state index is 13.8. The molecule has 0 spiro atoms. The van der Waals surface area contributed by atoms with Crippen molar-refractivity contribution in [2.75, 3.05) is 14.1 Å². The number of allylic oxidation sites excluding steroid dienone is 1. The molecule has 6 N–H and O–H groups in total. The molecule has 10 nitrogen and oxygen atoms in total. The number of aromatic hydroxyl groups is 1. The number of phenolic OH excluding ortho intramolecular Hbond substituents is 1. The number of rotatable bonds is 3. The zero-order valence-corrected chi connectivity index (χ0v) is 20.5. The van der Waals surface area contributed by atoms with Crippen LogP contribution in [0.4, 0.5) is 0 Å². The number of hydrogen-bond donors (Lipinski definition) is 5. The third kappa shape index (κ3) is 3.25. The molecule has 0 radical (unpaired) electrons. The summed E-state index contributed by atoms with van der Waals surface area (Å²) in [5, 5.41) is 44.5. The van der Waals surface area contributed by atoms with Gasteiger partial charge >= 0.3 is 0 Å². The summed E-state index contributed by atoms with van der Waals surface area (Å²) in [7, 11) is 3.18. The minimum Gasteiger partial charge on any atom is -0.510 e. The minimum absolute atomic E-state index is 0.0264. The van der Waals surface area contributed by atoms with E-state index in [2.05, 4.69) is 4.98 Å². The van der Waals surface area contributed by atoms with Crippen LogP contribution in [0.1, 0.15) is 27.9 Å². The number of phenols is 1. The topological polar surface area (TPSA) is 174 Å². The lowest BCUT2D eigenvalue weighted by Gasteiger charge is -2.50. The van der Waals surface area contributed by atoms with Crippen molar-refractivity contribution in [3.05, 3.63) is 69.9 Å². The summed E-state index contributed by atoms with van der Waals surface area (Å²) in [5.74, 6) is -6.71. The molecular formula is C27H27N3O7. The molecule has 0 fully saturated rings. The van der Waals surface area contributed by atoms with Gasteiger partial charge in [-0.25, -0.2) is 0 Å². The number of carbonyl (C=O) groups excluding carboxylic acids is 3. The number of fused-ring (bicyclic) bond motifs is 3. The molecule has 3 aliphatic carbocycles. The Morgan fingerprint density at radius 3 is 2.46 bits per heavy atom. The van der Waals surface area contributed by atoms with Crippen molar-refractivity contribution < 1.29 is 34.8 Å². The molecular weight excluding hydrogens is 478 g/mol. The predicted molar refractivity (Wildman–Crippen MR) is 132 cm³/mol. The first kappa shape index (κ1) is 24.7. The van der Waals surface area contributed by atoms with E-state index in [4.69, 9.17) is 5.73 Å². The zero-order valence-electron chi connectivity index (χ0n) is 20.5. The van der Waals surface area contributed by atoms with Crippen LogP contribution in [0.5, 0.6) is 5.75 Å². The van der Waals surface area contributed by atoms with Crippen LogP contribution in [0.15, 0.2) is 53.3 Å². The standard InChI is InChI=1S/C27H27N3O7/c1-11-6-7-29-10-15(11)13-4-5-17(31)19-14(13)8-12-9-16-21(30(2)3)23(33)20(26(28)36)25(35)27(16,37)24(34)18(12)22(19)32/h4-7,10,12,16,21,31,33-34,37H,8-9H2,1-3H3,(H2,28,36). The van der Waals surface area contributed by atoms with Gasteiger partial charge in [-0.2, -0.15) is 0 Å². The first-order chi connectivity index (χ1) is 17.4. The SMILES string of the molecule is Cc1ccncc1-c1ccc(O)c2c1CC1CC3C(N(C)C)C(O)=C(C(N)=O)C(=O)C3(O)C(O)=C1C2=O. The monoisotopic (exact) mass is 505 g/mol. The van der Waals surface area contributed by atoms with Crippen LogP contribution in [-0.2, 0) is 16.0 Å². The molecule has 1 aromatic carbocycles. The highest BCUT2D eigenvalue weighted by molar-refractivity contribution is 6.24.